The molecule has 0 unspecified atom stereocenters. The first-order valence-corrected chi connectivity index (χ1v) is 4.77. The molecular formula is C10H18O4. The molecule has 0 aromatic carbocycles. The largest absolute Gasteiger partial charge is 0.394 e. The quantitative estimate of drug-likeness (QED) is 0.652. The van der Waals surface area contributed by atoms with Crippen LogP contribution in [0.25, 0.3) is 0 Å². The number of rotatable bonds is 3. The molecule has 1 fully saturated rings. The number of ether oxygens (including phenoxy) is 2. The Morgan fingerprint density at radius 1 is 1.43 bits per heavy atom. The number of aliphatic hydroxyl groups excluding tert-OH is 2. The van der Waals surface area contributed by atoms with Crippen LogP contribution in [0.2, 0.25) is 0 Å². The van der Waals surface area contributed by atoms with Gasteiger partial charge in [0.05, 0.1) is 6.61 Å². The summed E-state index contributed by atoms with van der Waals surface area (Å²) in [5.74, 6) is -0.703. The average Bonchev–Trinajstić information content (AvgIpc) is 2.41. The maximum atomic E-state index is 9.50. The molecular weight excluding hydrogens is 184 g/mol. The van der Waals surface area contributed by atoms with Crippen LogP contribution in [-0.4, -0.2) is 40.9 Å². The molecule has 82 valence electrons. The van der Waals surface area contributed by atoms with E-state index in [4.69, 9.17) is 14.6 Å². The monoisotopic (exact) mass is 202 g/mol. The van der Waals surface area contributed by atoms with Gasteiger partial charge in [-0.3, -0.25) is 0 Å². The summed E-state index contributed by atoms with van der Waals surface area (Å²) < 4.78 is 11.0. The van der Waals surface area contributed by atoms with E-state index >= 15 is 0 Å². The molecule has 1 aliphatic heterocycles. The van der Waals surface area contributed by atoms with E-state index in [1.807, 2.05) is 19.1 Å². The second-order valence-corrected chi connectivity index (χ2v) is 3.84. The summed E-state index contributed by atoms with van der Waals surface area (Å²) in [6.07, 6.45) is 1.96. The van der Waals surface area contributed by atoms with Gasteiger partial charge in [0.15, 0.2) is 5.79 Å². The minimum atomic E-state index is -0.905. The number of hydrogen-bond acceptors (Lipinski definition) is 4. The van der Waals surface area contributed by atoms with Crippen LogP contribution >= 0.6 is 0 Å². The first kappa shape index (κ1) is 11.7. The molecule has 0 bridgehead atoms. The van der Waals surface area contributed by atoms with E-state index in [1.165, 1.54) is 0 Å². The Morgan fingerprint density at radius 3 is 2.57 bits per heavy atom. The second-order valence-electron chi connectivity index (χ2n) is 3.84. The van der Waals surface area contributed by atoms with Crippen molar-refractivity contribution in [2.45, 2.75) is 44.9 Å². The zero-order valence-corrected chi connectivity index (χ0v) is 8.80. The van der Waals surface area contributed by atoms with E-state index in [1.54, 1.807) is 13.8 Å². The standard InChI is InChI=1S/C10H18O4/c1-4-5-8-9(7(12)6-11)14-10(2,3)13-8/h4-5,7-9,11-12H,6H2,1-3H3/t7-,8+,9-/m0/s1. The fourth-order valence-corrected chi connectivity index (χ4v) is 1.56. The second kappa shape index (κ2) is 4.40. The molecule has 0 radical (unpaired) electrons. The van der Waals surface area contributed by atoms with E-state index in [-0.39, 0.29) is 12.7 Å². The van der Waals surface area contributed by atoms with Gasteiger partial charge in [-0.05, 0) is 20.8 Å². The SMILES string of the molecule is CC=C[C@H]1OC(C)(C)O[C@H]1[C@@H](O)CO. The molecule has 1 rings (SSSR count). The van der Waals surface area contributed by atoms with E-state index in [2.05, 4.69) is 0 Å². The smallest absolute Gasteiger partial charge is 0.164 e. The van der Waals surface area contributed by atoms with Gasteiger partial charge in [-0.1, -0.05) is 12.2 Å². The van der Waals surface area contributed by atoms with Crippen LogP contribution in [0.5, 0.6) is 0 Å². The minimum absolute atomic E-state index is 0.294. The zero-order valence-electron chi connectivity index (χ0n) is 8.80. The Hall–Kier alpha value is -0.420. The molecule has 3 atom stereocenters. The third-order valence-electron chi connectivity index (χ3n) is 2.11. The highest BCUT2D eigenvalue weighted by Gasteiger charge is 2.43. The van der Waals surface area contributed by atoms with Crippen molar-refractivity contribution >= 4 is 0 Å². The van der Waals surface area contributed by atoms with Crippen LogP contribution in [0.1, 0.15) is 20.8 Å². The van der Waals surface area contributed by atoms with Crippen molar-refractivity contribution in [3.05, 3.63) is 12.2 Å². The summed E-state index contributed by atoms with van der Waals surface area (Å²) in [4.78, 5) is 0. The van der Waals surface area contributed by atoms with Gasteiger partial charge in [0.1, 0.15) is 18.3 Å². The van der Waals surface area contributed by atoms with Gasteiger partial charge < -0.3 is 19.7 Å². The van der Waals surface area contributed by atoms with Crippen molar-refractivity contribution in [1.29, 1.82) is 0 Å². The van der Waals surface area contributed by atoms with Gasteiger partial charge >= 0.3 is 0 Å². The number of aliphatic hydroxyl groups is 2. The molecule has 1 heterocycles. The zero-order chi connectivity index (χ0) is 10.8. The lowest BCUT2D eigenvalue weighted by Gasteiger charge is -2.19. The van der Waals surface area contributed by atoms with Crippen LogP contribution in [-0.2, 0) is 9.47 Å². The topological polar surface area (TPSA) is 58.9 Å². The molecule has 0 saturated carbocycles. The van der Waals surface area contributed by atoms with Crippen molar-refractivity contribution in [3.8, 4) is 0 Å². The molecule has 1 saturated heterocycles. The van der Waals surface area contributed by atoms with Crippen molar-refractivity contribution in [2.24, 2.45) is 0 Å². The highest BCUT2D eigenvalue weighted by Crippen LogP contribution is 2.30. The van der Waals surface area contributed by atoms with Crippen molar-refractivity contribution in [1.82, 2.24) is 0 Å². The van der Waals surface area contributed by atoms with E-state index in [0.717, 1.165) is 0 Å². The third-order valence-corrected chi connectivity index (χ3v) is 2.11. The summed E-state index contributed by atoms with van der Waals surface area (Å²) in [5, 5.41) is 18.3. The van der Waals surface area contributed by atoms with Crippen LogP contribution in [0.4, 0.5) is 0 Å². The highest BCUT2D eigenvalue weighted by atomic mass is 16.8. The summed E-state index contributed by atoms with van der Waals surface area (Å²) in [5.41, 5.74) is 0. The van der Waals surface area contributed by atoms with Gasteiger partial charge in [-0.25, -0.2) is 0 Å². The normalized spacial score (nSPS) is 33.8. The van der Waals surface area contributed by atoms with Crippen molar-refractivity contribution in [2.75, 3.05) is 6.61 Å². The Bertz CT molecular complexity index is 212. The fourth-order valence-electron chi connectivity index (χ4n) is 1.56. The first-order chi connectivity index (χ1) is 6.50. The summed E-state index contributed by atoms with van der Waals surface area (Å²) in [7, 11) is 0. The van der Waals surface area contributed by atoms with Gasteiger partial charge in [0.25, 0.3) is 0 Å². The van der Waals surface area contributed by atoms with Gasteiger partial charge in [0.2, 0.25) is 0 Å². The number of allylic oxidation sites excluding steroid dienone is 1. The maximum absolute atomic E-state index is 9.50. The van der Waals surface area contributed by atoms with Crippen molar-refractivity contribution < 1.29 is 19.7 Å². The van der Waals surface area contributed by atoms with Gasteiger partial charge in [-0.15, -0.1) is 0 Å². The van der Waals surface area contributed by atoms with E-state index in [0.29, 0.717) is 0 Å². The molecule has 0 aromatic heterocycles. The number of hydrogen-bond donors (Lipinski definition) is 2. The lowest BCUT2D eigenvalue weighted by atomic mass is 10.1. The molecule has 0 aromatic rings. The first-order valence-electron chi connectivity index (χ1n) is 4.77. The molecule has 2 N–H and O–H groups in total. The van der Waals surface area contributed by atoms with Crippen molar-refractivity contribution in [3.63, 3.8) is 0 Å². The van der Waals surface area contributed by atoms with Crippen LogP contribution < -0.4 is 0 Å². The maximum Gasteiger partial charge on any atom is 0.164 e. The Labute approximate surface area is 84.1 Å². The predicted octanol–water partition coefficient (Wildman–Crippen LogP) is 0.436. The Balaban J connectivity index is 2.72. The minimum Gasteiger partial charge on any atom is -0.394 e. The van der Waals surface area contributed by atoms with Gasteiger partial charge in [-0.2, -0.15) is 0 Å². The highest BCUT2D eigenvalue weighted by molar-refractivity contribution is 4.99. The summed E-state index contributed by atoms with van der Waals surface area (Å²) >= 11 is 0. The van der Waals surface area contributed by atoms with Gasteiger partial charge in [0, 0.05) is 0 Å². The summed E-state index contributed by atoms with van der Waals surface area (Å²) in [6.45, 7) is 5.12. The van der Waals surface area contributed by atoms with E-state index < -0.39 is 18.0 Å². The van der Waals surface area contributed by atoms with Crippen LogP contribution in [0, 0.1) is 0 Å². The Morgan fingerprint density at radius 2 is 2.07 bits per heavy atom. The molecule has 0 spiro atoms. The van der Waals surface area contributed by atoms with Crippen LogP contribution in [0.15, 0.2) is 12.2 Å². The molecule has 4 heteroatoms. The third kappa shape index (κ3) is 2.54. The average molecular weight is 202 g/mol. The lowest BCUT2D eigenvalue weighted by Crippen LogP contribution is -2.36. The predicted molar refractivity (Wildman–Crippen MR) is 51.7 cm³/mol. The van der Waals surface area contributed by atoms with Crippen LogP contribution in [0.3, 0.4) is 0 Å². The lowest BCUT2D eigenvalue weighted by molar-refractivity contribution is -0.155. The molecule has 4 nitrogen and oxygen atoms in total. The Kier molecular flexibility index (Phi) is 3.66. The molecule has 1 aliphatic rings. The fraction of sp³-hybridized carbons (Fsp3) is 0.800. The molecule has 0 aliphatic carbocycles. The molecule has 0 amide bonds. The summed E-state index contributed by atoms with van der Waals surface area (Å²) in [6, 6.07) is 0. The molecule has 14 heavy (non-hydrogen) atoms. The van der Waals surface area contributed by atoms with E-state index in [9.17, 15) is 5.11 Å².